The lowest BCUT2D eigenvalue weighted by Gasteiger charge is -2.39. The Kier molecular flexibility index (Phi) is 6.59. The topological polar surface area (TPSA) is 80.3 Å². The summed E-state index contributed by atoms with van der Waals surface area (Å²) in [4.78, 5) is 16.9. The molecule has 1 aliphatic carbocycles. The highest BCUT2D eigenvalue weighted by molar-refractivity contribution is 5.91. The highest BCUT2D eigenvalue weighted by atomic mass is 16.3. The summed E-state index contributed by atoms with van der Waals surface area (Å²) >= 11 is 0. The second-order valence-electron chi connectivity index (χ2n) is 8.24. The van der Waals surface area contributed by atoms with Gasteiger partial charge in [-0.25, -0.2) is 4.68 Å². The summed E-state index contributed by atoms with van der Waals surface area (Å²) in [6, 6.07) is 4.14. The van der Waals surface area contributed by atoms with Crippen molar-refractivity contribution in [2.24, 2.45) is 0 Å². The molecule has 2 aliphatic rings. The predicted octanol–water partition coefficient (Wildman–Crippen LogP) is 3.46. The summed E-state index contributed by atoms with van der Waals surface area (Å²) in [7, 11) is 0. The van der Waals surface area contributed by atoms with Crippen molar-refractivity contribution in [3.8, 4) is 0 Å². The third kappa shape index (κ3) is 4.52. The van der Waals surface area contributed by atoms with Crippen molar-refractivity contribution in [2.75, 3.05) is 26.2 Å². The number of furan rings is 1. The minimum absolute atomic E-state index is 0.0215. The fraction of sp³-hybridized carbons (Fsp3) is 0.714. The van der Waals surface area contributed by atoms with E-state index in [0.29, 0.717) is 24.9 Å². The van der Waals surface area contributed by atoms with Crippen molar-refractivity contribution in [2.45, 2.75) is 70.4 Å². The smallest absolute Gasteiger partial charge is 0.289 e. The number of piperazine rings is 1. The summed E-state index contributed by atoms with van der Waals surface area (Å²) < 4.78 is 7.39. The lowest BCUT2D eigenvalue weighted by atomic mass is 9.95. The Morgan fingerprint density at radius 3 is 2.69 bits per heavy atom. The van der Waals surface area contributed by atoms with Gasteiger partial charge < -0.3 is 9.32 Å². The Morgan fingerprint density at radius 2 is 2.00 bits per heavy atom. The van der Waals surface area contributed by atoms with Gasteiger partial charge in [-0.15, -0.1) is 5.10 Å². The summed E-state index contributed by atoms with van der Waals surface area (Å²) in [5.41, 5.74) is 0. The number of amides is 1. The fourth-order valence-corrected chi connectivity index (χ4v) is 4.67. The third-order valence-corrected chi connectivity index (χ3v) is 6.34. The Morgan fingerprint density at radius 1 is 1.21 bits per heavy atom. The second-order valence-corrected chi connectivity index (χ2v) is 8.24. The van der Waals surface area contributed by atoms with Gasteiger partial charge in [-0.2, -0.15) is 0 Å². The standard InChI is InChI=1S/C21H32N6O2/c1-2-3-10-18(20-22-23-24-27(20)17-8-5-4-6-9-17)25-12-14-26(15-13-25)21(28)19-11-7-16-29-19/h7,11,16-18H,2-6,8-10,12-15H2,1H3/t18-/m1/s1. The molecule has 0 bridgehead atoms. The molecule has 8 nitrogen and oxygen atoms in total. The molecule has 0 spiro atoms. The highest BCUT2D eigenvalue weighted by Crippen LogP contribution is 2.32. The van der Waals surface area contributed by atoms with Crippen LogP contribution in [0.15, 0.2) is 22.8 Å². The molecule has 3 heterocycles. The van der Waals surface area contributed by atoms with Gasteiger partial charge >= 0.3 is 0 Å². The van der Waals surface area contributed by atoms with Crippen LogP contribution in [0.3, 0.4) is 0 Å². The minimum Gasteiger partial charge on any atom is -0.459 e. The number of hydrogen-bond donors (Lipinski definition) is 0. The van der Waals surface area contributed by atoms with Crippen LogP contribution in [0.4, 0.5) is 0 Å². The molecule has 2 aromatic heterocycles. The SMILES string of the molecule is CCCC[C@H](c1nnnn1C1CCCCC1)N1CCN(C(=O)c2ccco2)CC1. The van der Waals surface area contributed by atoms with Crippen LogP contribution >= 0.6 is 0 Å². The number of aromatic nitrogens is 4. The van der Waals surface area contributed by atoms with E-state index in [1.807, 2.05) is 4.90 Å². The maximum absolute atomic E-state index is 12.6. The van der Waals surface area contributed by atoms with E-state index in [1.54, 1.807) is 18.4 Å². The Hall–Kier alpha value is -2.22. The van der Waals surface area contributed by atoms with Crippen molar-refractivity contribution in [1.29, 1.82) is 0 Å². The normalized spacial score (nSPS) is 20.1. The number of carbonyl (C=O) groups is 1. The van der Waals surface area contributed by atoms with Gasteiger partial charge in [0.05, 0.1) is 18.3 Å². The maximum Gasteiger partial charge on any atom is 0.289 e. The van der Waals surface area contributed by atoms with E-state index in [-0.39, 0.29) is 11.9 Å². The summed E-state index contributed by atoms with van der Waals surface area (Å²) in [5, 5.41) is 12.9. The maximum atomic E-state index is 12.6. The molecule has 0 radical (unpaired) electrons. The summed E-state index contributed by atoms with van der Waals surface area (Å²) in [6.07, 6.45) is 11.1. The molecule has 29 heavy (non-hydrogen) atoms. The first-order chi connectivity index (χ1) is 14.3. The quantitative estimate of drug-likeness (QED) is 0.708. The molecule has 1 amide bonds. The van der Waals surface area contributed by atoms with Crippen molar-refractivity contribution >= 4 is 5.91 Å². The van der Waals surface area contributed by atoms with Gasteiger partial charge in [0.2, 0.25) is 0 Å². The number of rotatable bonds is 7. The van der Waals surface area contributed by atoms with Crippen molar-refractivity contribution in [3.05, 3.63) is 30.0 Å². The highest BCUT2D eigenvalue weighted by Gasteiger charge is 2.32. The number of nitrogens with zero attached hydrogens (tertiary/aromatic N) is 6. The number of unbranched alkanes of at least 4 members (excludes halogenated alkanes) is 1. The molecule has 4 rings (SSSR count). The molecule has 2 fully saturated rings. The molecule has 0 aromatic carbocycles. The van der Waals surface area contributed by atoms with Gasteiger partial charge in [-0.1, -0.05) is 39.0 Å². The Labute approximate surface area is 172 Å². The number of carbonyl (C=O) groups excluding carboxylic acids is 1. The van der Waals surface area contributed by atoms with Gasteiger partial charge in [0.25, 0.3) is 5.91 Å². The van der Waals surface area contributed by atoms with Crippen molar-refractivity contribution < 1.29 is 9.21 Å². The number of hydrogen-bond acceptors (Lipinski definition) is 6. The Balaban J connectivity index is 1.46. The lowest BCUT2D eigenvalue weighted by Crippen LogP contribution is -2.50. The second kappa shape index (κ2) is 9.52. The average molecular weight is 401 g/mol. The molecule has 158 valence electrons. The fourth-order valence-electron chi connectivity index (χ4n) is 4.67. The van der Waals surface area contributed by atoms with Crippen LogP contribution in [0.2, 0.25) is 0 Å². The van der Waals surface area contributed by atoms with Crippen LogP contribution in [0.5, 0.6) is 0 Å². The zero-order chi connectivity index (χ0) is 20.1. The molecule has 1 saturated carbocycles. The van der Waals surface area contributed by atoms with Crippen LogP contribution in [0.25, 0.3) is 0 Å². The monoisotopic (exact) mass is 400 g/mol. The van der Waals surface area contributed by atoms with Crippen LogP contribution in [0.1, 0.15) is 86.8 Å². The lowest BCUT2D eigenvalue weighted by molar-refractivity contribution is 0.0509. The summed E-state index contributed by atoms with van der Waals surface area (Å²) in [5.74, 6) is 1.41. The first kappa shape index (κ1) is 20.1. The van der Waals surface area contributed by atoms with Gasteiger partial charge in [-0.3, -0.25) is 9.69 Å². The minimum atomic E-state index is -0.0215. The third-order valence-electron chi connectivity index (χ3n) is 6.34. The first-order valence-electron chi connectivity index (χ1n) is 11.1. The van der Waals surface area contributed by atoms with Gasteiger partial charge in [0.15, 0.2) is 11.6 Å². The van der Waals surface area contributed by atoms with E-state index in [4.69, 9.17) is 4.42 Å². The molecule has 2 aromatic rings. The average Bonchev–Trinajstić information content (AvgIpc) is 3.47. The first-order valence-corrected chi connectivity index (χ1v) is 11.1. The Bertz CT molecular complexity index is 760. The zero-order valence-corrected chi connectivity index (χ0v) is 17.4. The summed E-state index contributed by atoms with van der Waals surface area (Å²) in [6.45, 7) is 5.29. The van der Waals surface area contributed by atoms with Crippen molar-refractivity contribution in [3.63, 3.8) is 0 Å². The molecule has 8 heteroatoms. The van der Waals surface area contributed by atoms with E-state index in [0.717, 1.165) is 38.2 Å². The van der Waals surface area contributed by atoms with Gasteiger partial charge in [-0.05, 0) is 41.8 Å². The van der Waals surface area contributed by atoms with E-state index >= 15 is 0 Å². The van der Waals surface area contributed by atoms with Gasteiger partial charge in [0.1, 0.15) is 0 Å². The largest absolute Gasteiger partial charge is 0.459 e. The molecule has 1 aliphatic heterocycles. The van der Waals surface area contributed by atoms with Crippen molar-refractivity contribution in [1.82, 2.24) is 30.0 Å². The molecule has 0 unspecified atom stereocenters. The van der Waals surface area contributed by atoms with Crippen LogP contribution in [-0.4, -0.2) is 62.1 Å². The zero-order valence-electron chi connectivity index (χ0n) is 17.4. The van der Waals surface area contributed by atoms with Crippen LogP contribution in [-0.2, 0) is 0 Å². The number of tetrazole rings is 1. The van der Waals surface area contributed by atoms with E-state index in [1.165, 1.54) is 32.1 Å². The molecular weight excluding hydrogens is 368 g/mol. The van der Waals surface area contributed by atoms with Crippen LogP contribution in [0, 0.1) is 0 Å². The van der Waals surface area contributed by atoms with Gasteiger partial charge in [0, 0.05) is 26.2 Å². The molecule has 0 N–H and O–H groups in total. The molecule has 1 atom stereocenters. The van der Waals surface area contributed by atoms with Crippen LogP contribution < -0.4 is 0 Å². The van der Waals surface area contributed by atoms with E-state index in [9.17, 15) is 4.79 Å². The molecular formula is C21H32N6O2. The van der Waals surface area contributed by atoms with E-state index < -0.39 is 0 Å². The van der Waals surface area contributed by atoms with E-state index in [2.05, 4.69) is 32.0 Å². The molecule has 1 saturated heterocycles. The predicted molar refractivity (Wildman–Crippen MR) is 108 cm³/mol.